The Hall–Kier alpha value is -2.66. The number of carbonyl (C=O) groups is 3. The number of hydrogen-bond acceptors (Lipinski definition) is 3. The largest absolute Gasteiger partial charge is 0.329 e. The van der Waals surface area contributed by atoms with Gasteiger partial charge in [-0.1, -0.05) is 48.0 Å². The average molecular weight is 439 g/mol. The van der Waals surface area contributed by atoms with Gasteiger partial charge in [0.25, 0.3) is 0 Å². The number of amides is 2. The molecule has 2 atom stereocenters. The molecule has 1 N–H and O–H groups in total. The first kappa shape index (κ1) is 21.6. The molecule has 1 aliphatic carbocycles. The third-order valence-corrected chi connectivity index (χ3v) is 7.07. The van der Waals surface area contributed by atoms with Crippen molar-refractivity contribution in [1.29, 1.82) is 0 Å². The molecule has 0 radical (unpaired) electrons. The minimum absolute atomic E-state index is 0.0343. The molecule has 0 spiro atoms. The summed E-state index contributed by atoms with van der Waals surface area (Å²) in [5, 5.41) is 3.44. The first-order valence-electron chi connectivity index (χ1n) is 10.9. The normalized spacial score (nSPS) is 23.1. The molecule has 1 aliphatic heterocycles. The molecule has 2 aromatic carbocycles. The summed E-state index contributed by atoms with van der Waals surface area (Å²) in [5.41, 5.74) is 1.59. The van der Waals surface area contributed by atoms with E-state index in [1.807, 2.05) is 42.5 Å². The molecule has 6 heteroatoms. The van der Waals surface area contributed by atoms with E-state index in [1.54, 1.807) is 18.0 Å². The highest BCUT2D eigenvalue weighted by Crippen LogP contribution is 2.42. The highest BCUT2D eigenvalue weighted by molar-refractivity contribution is 6.31. The van der Waals surface area contributed by atoms with Crippen LogP contribution in [-0.4, -0.2) is 29.5 Å². The fourth-order valence-electron chi connectivity index (χ4n) is 4.95. The van der Waals surface area contributed by atoms with Crippen LogP contribution in [0, 0.1) is 5.92 Å². The fraction of sp³-hybridized carbons (Fsp3) is 0.400. The van der Waals surface area contributed by atoms with E-state index in [0.29, 0.717) is 36.3 Å². The Labute approximate surface area is 187 Å². The van der Waals surface area contributed by atoms with E-state index in [1.165, 1.54) is 0 Å². The molecular weight excluding hydrogens is 412 g/mol. The zero-order valence-corrected chi connectivity index (χ0v) is 18.5. The standard InChI is InChI=1S/C25H27ClN2O3/c1-28(25(15-7-6-12-22(25)29)19-9-3-4-10-20(19)26)23(30)14-13-18-16-17-8-2-5-11-21(17)27-24(18)31/h2-5,8-11,18H,6-7,12-16H2,1H3,(H,27,31). The number of Topliss-reactive ketones (excluding diaryl/α,β-unsaturated/α-hetero) is 1. The fourth-order valence-corrected chi connectivity index (χ4v) is 5.25. The van der Waals surface area contributed by atoms with Gasteiger partial charge in [0.2, 0.25) is 11.8 Å². The lowest BCUT2D eigenvalue weighted by molar-refractivity contribution is -0.148. The smallest absolute Gasteiger partial charge is 0.227 e. The summed E-state index contributed by atoms with van der Waals surface area (Å²) in [7, 11) is 1.70. The average Bonchev–Trinajstić information content (AvgIpc) is 2.78. The van der Waals surface area contributed by atoms with E-state index in [0.717, 1.165) is 24.1 Å². The number of benzene rings is 2. The van der Waals surface area contributed by atoms with Gasteiger partial charge in [0.05, 0.1) is 0 Å². The number of para-hydroxylation sites is 1. The number of hydrogen-bond donors (Lipinski definition) is 1. The molecule has 31 heavy (non-hydrogen) atoms. The third-order valence-electron chi connectivity index (χ3n) is 6.74. The van der Waals surface area contributed by atoms with Gasteiger partial charge in [-0.25, -0.2) is 0 Å². The minimum atomic E-state index is -1.03. The summed E-state index contributed by atoms with van der Waals surface area (Å²) in [4.78, 5) is 40.6. The second-order valence-electron chi connectivity index (χ2n) is 8.51. The molecule has 2 aromatic rings. The predicted octanol–water partition coefficient (Wildman–Crippen LogP) is 4.73. The Balaban J connectivity index is 1.53. The number of anilines is 1. The zero-order valence-electron chi connectivity index (χ0n) is 17.7. The van der Waals surface area contributed by atoms with Crippen LogP contribution in [0.2, 0.25) is 5.02 Å². The van der Waals surface area contributed by atoms with Gasteiger partial charge in [-0.3, -0.25) is 14.4 Å². The first-order valence-corrected chi connectivity index (χ1v) is 11.2. The monoisotopic (exact) mass is 438 g/mol. The molecule has 162 valence electrons. The lowest BCUT2D eigenvalue weighted by Gasteiger charge is -2.44. The number of nitrogens with one attached hydrogen (secondary N) is 1. The Morgan fingerprint density at radius 1 is 1.13 bits per heavy atom. The van der Waals surface area contributed by atoms with Crippen molar-refractivity contribution < 1.29 is 14.4 Å². The van der Waals surface area contributed by atoms with Crippen molar-refractivity contribution in [3.8, 4) is 0 Å². The first-order chi connectivity index (χ1) is 14.9. The molecule has 5 nitrogen and oxygen atoms in total. The van der Waals surface area contributed by atoms with E-state index in [-0.39, 0.29) is 29.9 Å². The number of nitrogens with zero attached hydrogens (tertiary/aromatic N) is 1. The van der Waals surface area contributed by atoms with E-state index in [9.17, 15) is 14.4 Å². The van der Waals surface area contributed by atoms with Crippen LogP contribution in [0.4, 0.5) is 5.69 Å². The Morgan fingerprint density at radius 3 is 2.65 bits per heavy atom. The van der Waals surface area contributed by atoms with E-state index in [2.05, 4.69) is 5.32 Å². The van der Waals surface area contributed by atoms with Gasteiger partial charge < -0.3 is 10.2 Å². The molecule has 0 saturated heterocycles. The molecular formula is C25H27ClN2O3. The Bertz CT molecular complexity index is 1020. The van der Waals surface area contributed by atoms with Crippen LogP contribution in [0.15, 0.2) is 48.5 Å². The van der Waals surface area contributed by atoms with Gasteiger partial charge in [-0.2, -0.15) is 0 Å². The van der Waals surface area contributed by atoms with E-state index < -0.39 is 5.54 Å². The Morgan fingerprint density at radius 2 is 1.87 bits per heavy atom. The van der Waals surface area contributed by atoms with Gasteiger partial charge in [-0.05, 0) is 49.8 Å². The molecule has 4 rings (SSSR count). The van der Waals surface area contributed by atoms with Crippen LogP contribution >= 0.6 is 11.6 Å². The molecule has 1 fully saturated rings. The van der Waals surface area contributed by atoms with Crippen molar-refractivity contribution in [3.63, 3.8) is 0 Å². The van der Waals surface area contributed by atoms with Crippen molar-refractivity contribution in [2.75, 3.05) is 12.4 Å². The maximum absolute atomic E-state index is 13.3. The van der Waals surface area contributed by atoms with Gasteiger partial charge in [-0.15, -0.1) is 0 Å². The van der Waals surface area contributed by atoms with Crippen LogP contribution in [0.3, 0.4) is 0 Å². The topological polar surface area (TPSA) is 66.5 Å². The van der Waals surface area contributed by atoms with E-state index in [4.69, 9.17) is 11.6 Å². The van der Waals surface area contributed by atoms with Crippen LogP contribution in [0.5, 0.6) is 0 Å². The summed E-state index contributed by atoms with van der Waals surface area (Å²) >= 11 is 6.48. The summed E-state index contributed by atoms with van der Waals surface area (Å²) in [6.07, 6.45) is 3.95. The number of likely N-dealkylation sites (N-methyl/N-ethyl adjacent to an activating group) is 1. The van der Waals surface area contributed by atoms with Crippen LogP contribution < -0.4 is 5.32 Å². The molecule has 2 unspecified atom stereocenters. The van der Waals surface area contributed by atoms with Crippen LogP contribution in [-0.2, 0) is 26.3 Å². The number of ketones is 1. The molecule has 2 aliphatic rings. The summed E-state index contributed by atoms with van der Waals surface area (Å²) in [5.74, 6) is -0.414. The van der Waals surface area contributed by atoms with Gasteiger partial charge in [0.1, 0.15) is 5.54 Å². The number of fused-ring (bicyclic) bond motifs is 1. The molecule has 2 amide bonds. The lowest BCUT2D eigenvalue weighted by Crippen LogP contribution is -2.54. The van der Waals surface area contributed by atoms with Gasteiger partial charge >= 0.3 is 0 Å². The van der Waals surface area contributed by atoms with Crippen molar-refractivity contribution in [1.82, 2.24) is 4.90 Å². The van der Waals surface area contributed by atoms with Crippen LogP contribution in [0.1, 0.15) is 49.7 Å². The number of carbonyl (C=O) groups excluding carboxylic acids is 3. The molecule has 0 aromatic heterocycles. The number of halogens is 1. The van der Waals surface area contributed by atoms with E-state index >= 15 is 0 Å². The molecule has 1 heterocycles. The quantitative estimate of drug-likeness (QED) is 0.733. The van der Waals surface area contributed by atoms with Gasteiger partial charge in [0, 0.05) is 42.1 Å². The zero-order chi connectivity index (χ0) is 22.0. The molecule has 1 saturated carbocycles. The third kappa shape index (κ3) is 3.99. The highest BCUT2D eigenvalue weighted by atomic mass is 35.5. The summed E-state index contributed by atoms with van der Waals surface area (Å²) in [6.45, 7) is 0. The predicted molar refractivity (Wildman–Crippen MR) is 121 cm³/mol. The SMILES string of the molecule is CN(C(=O)CCC1Cc2ccccc2NC1=O)C1(c2ccccc2Cl)CCCCC1=O. The molecule has 0 bridgehead atoms. The lowest BCUT2D eigenvalue weighted by atomic mass is 9.74. The van der Waals surface area contributed by atoms with Crippen molar-refractivity contribution in [2.24, 2.45) is 5.92 Å². The van der Waals surface area contributed by atoms with Crippen LogP contribution in [0.25, 0.3) is 0 Å². The minimum Gasteiger partial charge on any atom is -0.329 e. The van der Waals surface area contributed by atoms with Crippen molar-refractivity contribution >= 4 is 34.9 Å². The second kappa shape index (κ2) is 8.83. The van der Waals surface area contributed by atoms with Crippen molar-refractivity contribution in [2.45, 2.75) is 50.5 Å². The summed E-state index contributed by atoms with van der Waals surface area (Å²) in [6, 6.07) is 15.0. The highest BCUT2D eigenvalue weighted by Gasteiger charge is 2.47. The maximum Gasteiger partial charge on any atom is 0.227 e. The Kier molecular flexibility index (Phi) is 6.15. The number of rotatable bonds is 5. The summed E-state index contributed by atoms with van der Waals surface area (Å²) < 4.78 is 0. The van der Waals surface area contributed by atoms with Gasteiger partial charge in [0.15, 0.2) is 5.78 Å². The second-order valence-corrected chi connectivity index (χ2v) is 8.92. The maximum atomic E-state index is 13.3. The van der Waals surface area contributed by atoms with Crippen molar-refractivity contribution in [3.05, 3.63) is 64.7 Å².